The van der Waals surface area contributed by atoms with E-state index in [9.17, 15) is 0 Å². The summed E-state index contributed by atoms with van der Waals surface area (Å²) in [6.07, 6.45) is 0.897. The number of para-hydroxylation sites is 1. The Morgan fingerprint density at radius 2 is 1.96 bits per heavy atom. The Balaban J connectivity index is 0.00000364. The Morgan fingerprint density at radius 3 is 2.56 bits per heavy atom. The highest BCUT2D eigenvalue weighted by Crippen LogP contribution is 2.23. The van der Waals surface area contributed by atoms with Gasteiger partial charge in [-0.25, -0.2) is 4.98 Å². The summed E-state index contributed by atoms with van der Waals surface area (Å²) in [5, 5.41) is 6.73. The predicted octanol–water partition coefficient (Wildman–Crippen LogP) is 4.19. The molecule has 0 atom stereocenters. The highest BCUT2D eigenvalue weighted by Gasteiger charge is 2.17. The lowest BCUT2D eigenvalue weighted by atomic mass is 9.93. The van der Waals surface area contributed by atoms with Crippen molar-refractivity contribution in [3.05, 3.63) is 46.4 Å². The zero-order chi connectivity index (χ0) is 19.0. The van der Waals surface area contributed by atoms with Crippen molar-refractivity contribution in [2.45, 2.75) is 32.6 Å². The maximum atomic E-state index is 5.75. The van der Waals surface area contributed by atoms with Crippen LogP contribution >= 0.6 is 35.3 Å². The lowest BCUT2D eigenvalue weighted by Gasteiger charge is -2.22. The molecule has 0 spiro atoms. The van der Waals surface area contributed by atoms with E-state index < -0.39 is 0 Å². The third-order valence-corrected chi connectivity index (χ3v) is 4.86. The lowest BCUT2D eigenvalue weighted by Crippen LogP contribution is -2.41. The molecule has 1 aromatic heterocycles. The molecule has 2 rings (SSSR count). The molecule has 1 aromatic carbocycles. The number of aliphatic imine (C=N–C) groups is 1. The van der Waals surface area contributed by atoms with E-state index in [0.717, 1.165) is 41.9 Å². The standard InChI is InChI=1S/C20H30N4OS.HI/c1-20(2,3)17-15-26-18(23-17)11-12-22-19(21-4)24(5)13-14-25-16-9-7-6-8-10-16;/h6-10,15H,11-14H2,1-5H3,(H,21,22);1H. The average molecular weight is 502 g/mol. The number of nitrogens with one attached hydrogen (secondary N) is 1. The van der Waals surface area contributed by atoms with Crippen LogP contribution in [0.1, 0.15) is 31.5 Å². The van der Waals surface area contributed by atoms with Gasteiger partial charge in [0.2, 0.25) is 0 Å². The van der Waals surface area contributed by atoms with Gasteiger partial charge >= 0.3 is 0 Å². The fraction of sp³-hybridized carbons (Fsp3) is 0.500. The number of likely N-dealkylation sites (N-methyl/N-ethyl adjacent to an activating group) is 1. The third-order valence-electron chi connectivity index (χ3n) is 3.95. The Morgan fingerprint density at radius 1 is 1.26 bits per heavy atom. The van der Waals surface area contributed by atoms with Crippen molar-refractivity contribution in [1.82, 2.24) is 15.2 Å². The molecule has 0 fully saturated rings. The topological polar surface area (TPSA) is 49.8 Å². The molecule has 1 heterocycles. The monoisotopic (exact) mass is 502 g/mol. The predicted molar refractivity (Wildman–Crippen MR) is 126 cm³/mol. The van der Waals surface area contributed by atoms with Crippen LogP contribution < -0.4 is 10.1 Å². The van der Waals surface area contributed by atoms with Crippen LogP contribution in [-0.2, 0) is 11.8 Å². The van der Waals surface area contributed by atoms with Gasteiger partial charge in [-0.3, -0.25) is 4.99 Å². The highest BCUT2D eigenvalue weighted by molar-refractivity contribution is 14.0. The minimum Gasteiger partial charge on any atom is -0.492 e. The molecule has 1 N–H and O–H groups in total. The SMILES string of the molecule is CN=C(NCCc1nc(C(C)(C)C)cs1)N(C)CCOc1ccccc1.I. The van der Waals surface area contributed by atoms with Gasteiger partial charge in [0.05, 0.1) is 17.2 Å². The van der Waals surface area contributed by atoms with Crippen molar-refractivity contribution in [3.8, 4) is 5.75 Å². The van der Waals surface area contributed by atoms with E-state index in [4.69, 9.17) is 9.72 Å². The molecule has 5 nitrogen and oxygen atoms in total. The summed E-state index contributed by atoms with van der Waals surface area (Å²) in [6, 6.07) is 9.87. The maximum absolute atomic E-state index is 5.75. The summed E-state index contributed by atoms with van der Waals surface area (Å²) in [4.78, 5) is 11.2. The Labute approximate surface area is 184 Å². The van der Waals surface area contributed by atoms with Crippen LogP contribution in [0.2, 0.25) is 0 Å². The van der Waals surface area contributed by atoms with E-state index >= 15 is 0 Å². The Kier molecular flexibility index (Phi) is 10.1. The van der Waals surface area contributed by atoms with Gasteiger partial charge in [-0.05, 0) is 12.1 Å². The lowest BCUT2D eigenvalue weighted by molar-refractivity contribution is 0.281. The minimum absolute atomic E-state index is 0. The second-order valence-electron chi connectivity index (χ2n) is 7.18. The second-order valence-corrected chi connectivity index (χ2v) is 8.13. The summed E-state index contributed by atoms with van der Waals surface area (Å²) in [7, 11) is 3.82. The number of halogens is 1. The molecule has 27 heavy (non-hydrogen) atoms. The molecule has 150 valence electrons. The number of hydrogen-bond acceptors (Lipinski definition) is 4. The minimum atomic E-state index is 0. The molecule has 2 aromatic rings. The number of benzene rings is 1. The van der Waals surface area contributed by atoms with E-state index in [1.165, 1.54) is 0 Å². The molecule has 0 aliphatic carbocycles. The normalized spacial score (nSPS) is 11.7. The van der Waals surface area contributed by atoms with Gasteiger partial charge in [0.1, 0.15) is 12.4 Å². The van der Waals surface area contributed by atoms with Crippen molar-refractivity contribution >= 4 is 41.3 Å². The first-order chi connectivity index (χ1) is 12.4. The average Bonchev–Trinajstić information content (AvgIpc) is 3.09. The van der Waals surface area contributed by atoms with Crippen LogP contribution in [-0.4, -0.2) is 49.6 Å². The highest BCUT2D eigenvalue weighted by atomic mass is 127. The number of aromatic nitrogens is 1. The molecule has 0 saturated heterocycles. The van der Waals surface area contributed by atoms with Crippen LogP contribution in [0.3, 0.4) is 0 Å². The third kappa shape index (κ3) is 8.04. The summed E-state index contributed by atoms with van der Waals surface area (Å²) >= 11 is 1.73. The van der Waals surface area contributed by atoms with Crippen LogP contribution in [0.5, 0.6) is 5.75 Å². The Hall–Kier alpha value is -1.35. The van der Waals surface area contributed by atoms with Gasteiger partial charge in [-0.2, -0.15) is 0 Å². The molecule has 0 bridgehead atoms. The van der Waals surface area contributed by atoms with E-state index in [2.05, 4.69) is 41.4 Å². The zero-order valence-electron chi connectivity index (χ0n) is 16.9. The molecule has 0 unspecified atom stereocenters. The van der Waals surface area contributed by atoms with E-state index in [1.807, 2.05) is 37.4 Å². The fourth-order valence-electron chi connectivity index (χ4n) is 2.36. The molecule has 0 aliphatic heterocycles. The largest absolute Gasteiger partial charge is 0.492 e. The second kappa shape index (κ2) is 11.5. The van der Waals surface area contributed by atoms with Gasteiger partial charge in [-0.1, -0.05) is 39.0 Å². The van der Waals surface area contributed by atoms with Gasteiger partial charge in [0.15, 0.2) is 5.96 Å². The number of ether oxygens (including phenoxy) is 1. The first-order valence-electron chi connectivity index (χ1n) is 8.94. The van der Waals surface area contributed by atoms with E-state index in [0.29, 0.717) is 6.61 Å². The fourth-order valence-corrected chi connectivity index (χ4v) is 3.38. The molecule has 0 radical (unpaired) electrons. The number of rotatable bonds is 7. The number of guanidine groups is 1. The molecule has 0 saturated carbocycles. The van der Waals surface area contributed by atoms with Crippen molar-refractivity contribution < 1.29 is 4.74 Å². The van der Waals surface area contributed by atoms with Crippen molar-refractivity contribution in [2.75, 3.05) is 33.8 Å². The van der Waals surface area contributed by atoms with Crippen LogP contribution in [0.4, 0.5) is 0 Å². The quantitative estimate of drug-likeness (QED) is 0.351. The number of thiazole rings is 1. The molecule has 0 aliphatic rings. The first kappa shape index (κ1) is 23.7. The summed E-state index contributed by atoms with van der Waals surface area (Å²) in [5.41, 5.74) is 1.27. The molecular formula is C20H31IN4OS. The first-order valence-corrected chi connectivity index (χ1v) is 9.82. The summed E-state index contributed by atoms with van der Waals surface area (Å²) < 4.78 is 5.75. The molecule has 0 amide bonds. The smallest absolute Gasteiger partial charge is 0.193 e. The Bertz CT molecular complexity index is 698. The van der Waals surface area contributed by atoms with Crippen molar-refractivity contribution in [3.63, 3.8) is 0 Å². The van der Waals surface area contributed by atoms with Crippen LogP contribution in [0.25, 0.3) is 0 Å². The van der Waals surface area contributed by atoms with Gasteiger partial charge in [-0.15, -0.1) is 35.3 Å². The van der Waals surface area contributed by atoms with E-state index in [-0.39, 0.29) is 29.4 Å². The number of hydrogen-bond donors (Lipinski definition) is 1. The molecular weight excluding hydrogens is 471 g/mol. The zero-order valence-corrected chi connectivity index (χ0v) is 20.0. The summed E-state index contributed by atoms with van der Waals surface area (Å²) in [6.45, 7) is 8.77. The van der Waals surface area contributed by atoms with Crippen molar-refractivity contribution in [2.24, 2.45) is 4.99 Å². The molecule has 7 heteroatoms. The van der Waals surface area contributed by atoms with E-state index in [1.54, 1.807) is 18.4 Å². The van der Waals surface area contributed by atoms with Crippen molar-refractivity contribution in [1.29, 1.82) is 0 Å². The maximum Gasteiger partial charge on any atom is 0.193 e. The number of nitrogens with zero attached hydrogens (tertiary/aromatic N) is 3. The van der Waals surface area contributed by atoms with Gasteiger partial charge < -0.3 is 15.0 Å². The van der Waals surface area contributed by atoms with Gasteiger partial charge in [0.25, 0.3) is 0 Å². The summed E-state index contributed by atoms with van der Waals surface area (Å²) in [5.74, 6) is 1.76. The van der Waals surface area contributed by atoms with Crippen LogP contribution in [0, 0.1) is 0 Å². The van der Waals surface area contributed by atoms with Crippen LogP contribution in [0.15, 0.2) is 40.7 Å². The van der Waals surface area contributed by atoms with Gasteiger partial charge in [0, 0.05) is 37.9 Å².